The number of ether oxygens (including phenoxy) is 1. The number of unbranched alkanes of at least 4 members (excludes halogenated alkanes) is 7. The molecule has 0 atom stereocenters. The van der Waals surface area contributed by atoms with Crippen molar-refractivity contribution in [3.05, 3.63) is 29.3 Å². The van der Waals surface area contributed by atoms with Crippen LogP contribution >= 0.6 is 0 Å². The van der Waals surface area contributed by atoms with Gasteiger partial charge in [-0.2, -0.15) is 0 Å². The van der Waals surface area contributed by atoms with Crippen LogP contribution in [0, 0.1) is 11.6 Å². The molecule has 0 saturated heterocycles. The number of nitrogen functional groups attached to an aromatic ring is 1. The summed E-state index contributed by atoms with van der Waals surface area (Å²) in [6.07, 6.45) is 8.90. The average molecular weight is 313 g/mol. The summed E-state index contributed by atoms with van der Waals surface area (Å²) < 4.78 is 32.0. The number of hydrogen-bond donors (Lipinski definition) is 1. The van der Waals surface area contributed by atoms with Crippen LogP contribution in [0.2, 0.25) is 0 Å². The van der Waals surface area contributed by atoms with E-state index in [0.29, 0.717) is 6.42 Å². The largest absolute Gasteiger partial charge is 0.462 e. The van der Waals surface area contributed by atoms with Gasteiger partial charge in [0.1, 0.15) is 11.4 Å². The smallest absolute Gasteiger partial charge is 0.344 e. The highest BCUT2D eigenvalue weighted by molar-refractivity contribution is 5.91. The van der Waals surface area contributed by atoms with Crippen molar-refractivity contribution >= 4 is 11.7 Å². The van der Waals surface area contributed by atoms with Crippen LogP contribution in [0.25, 0.3) is 0 Å². The van der Waals surface area contributed by atoms with E-state index in [1.165, 1.54) is 32.1 Å². The van der Waals surface area contributed by atoms with E-state index in [1.54, 1.807) is 0 Å². The number of nitrogens with two attached hydrogens (primary N) is 1. The SMILES string of the molecule is CCCCCCCCCCOC(=O)c1c(F)ccc(N)c1F. The lowest BCUT2D eigenvalue weighted by Gasteiger charge is -2.08. The van der Waals surface area contributed by atoms with E-state index < -0.39 is 23.2 Å². The number of carbonyl (C=O) groups is 1. The third kappa shape index (κ3) is 6.00. The Balaban J connectivity index is 2.23. The van der Waals surface area contributed by atoms with Gasteiger partial charge in [-0.3, -0.25) is 0 Å². The topological polar surface area (TPSA) is 52.3 Å². The molecule has 0 aliphatic carbocycles. The van der Waals surface area contributed by atoms with E-state index in [4.69, 9.17) is 10.5 Å². The lowest BCUT2D eigenvalue weighted by molar-refractivity contribution is 0.0487. The number of benzene rings is 1. The third-order valence-electron chi connectivity index (χ3n) is 3.56. The van der Waals surface area contributed by atoms with Gasteiger partial charge in [-0.1, -0.05) is 51.9 Å². The van der Waals surface area contributed by atoms with Gasteiger partial charge in [0.2, 0.25) is 0 Å². The van der Waals surface area contributed by atoms with Crippen molar-refractivity contribution in [1.29, 1.82) is 0 Å². The molecule has 0 aromatic heterocycles. The van der Waals surface area contributed by atoms with Crippen molar-refractivity contribution in [2.24, 2.45) is 0 Å². The van der Waals surface area contributed by atoms with Crippen LogP contribution < -0.4 is 5.73 Å². The summed E-state index contributed by atoms with van der Waals surface area (Å²) in [7, 11) is 0. The Morgan fingerprint density at radius 2 is 1.64 bits per heavy atom. The monoisotopic (exact) mass is 313 g/mol. The summed E-state index contributed by atoms with van der Waals surface area (Å²) in [5, 5.41) is 0. The van der Waals surface area contributed by atoms with Crippen LogP contribution in [0.5, 0.6) is 0 Å². The molecule has 5 heteroatoms. The molecule has 2 N–H and O–H groups in total. The maximum absolute atomic E-state index is 13.6. The highest BCUT2D eigenvalue weighted by Gasteiger charge is 2.20. The van der Waals surface area contributed by atoms with E-state index in [1.807, 2.05) is 0 Å². The first-order chi connectivity index (χ1) is 10.6. The average Bonchev–Trinajstić information content (AvgIpc) is 2.50. The number of carbonyl (C=O) groups excluding carboxylic acids is 1. The minimum Gasteiger partial charge on any atom is -0.462 e. The Labute approximate surface area is 130 Å². The molecule has 1 rings (SSSR count). The fraction of sp³-hybridized carbons (Fsp3) is 0.588. The van der Waals surface area contributed by atoms with E-state index in [-0.39, 0.29) is 12.3 Å². The van der Waals surface area contributed by atoms with Crippen molar-refractivity contribution < 1.29 is 18.3 Å². The minimum absolute atomic E-state index is 0.168. The highest BCUT2D eigenvalue weighted by Crippen LogP contribution is 2.19. The molecular formula is C17H25F2NO2. The van der Waals surface area contributed by atoms with E-state index in [2.05, 4.69) is 6.92 Å². The van der Waals surface area contributed by atoms with Crippen LogP contribution in [0.4, 0.5) is 14.5 Å². The predicted molar refractivity (Wildman–Crippen MR) is 83.7 cm³/mol. The van der Waals surface area contributed by atoms with Crippen molar-refractivity contribution in [3.8, 4) is 0 Å². The molecule has 3 nitrogen and oxygen atoms in total. The van der Waals surface area contributed by atoms with E-state index >= 15 is 0 Å². The molecule has 0 saturated carbocycles. The molecule has 0 radical (unpaired) electrons. The van der Waals surface area contributed by atoms with Gasteiger partial charge in [0.05, 0.1) is 12.3 Å². The van der Waals surface area contributed by atoms with Crippen LogP contribution in [0.1, 0.15) is 68.6 Å². The van der Waals surface area contributed by atoms with E-state index in [9.17, 15) is 13.6 Å². The van der Waals surface area contributed by atoms with Gasteiger partial charge in [-0.25, -0.2) is 13.6 Å². The summed E-state index contributed by atoms with van der Waals surface area (Å²) in [6.45, 7) is 2.35. The molecule has 0 unspecified atom stereocenters. The number of anilines is 1. The fourth-order valence-corrected chi connectivity index (χ4v) is 2.23. The van der Waals surface area contributed by atoms with Crippen LogP contribution in [-0.4, -0.2) is 12.6 Å². The van der Waals surface area contributed by atoms with Gasteiger partial charge in [0, 0.05) is 0 Å². The van der Waals surface area contributed by atoms with Gasteiger partial charge < -0.3 is 10.5 Å². The number of rotatable bonds is 10. The standard InChI is InChI=1S/C17H25F2NO2/c1-2-3-4-5-6-7-8-9-12-22-17(21)15-13(18)10-11-14(20)16(15)19/h10-11H,2-9,12,20H2,1H3. The quantitative estimate of drug-likeness (QED) is 0.382. The Morgan fingerprint density at radius 1 is 1.05 bits per heavy atom. The summed E-state index contributed by atoms with van der Waals surface area (Å²) in [6, 6.07) is 2.05. The second-order valence-corrected chi connectivity index (χ2v) is 5.44. The van der Waals surface area contributed by atoms with Gasteiger partial charge >= 0.3 is 5.97 Å². The van der Waals surface area contributed by atoms with Gasteiger partial charge in [0.15, 0.2) is 5.82 Å². The maximum Gasteiger partial charge on any atom is 0.344 e. The summed E-state index contributed by atoms with van der Waals surface area (Å²) in [5.74, 6) is -3.00. The molecule has 0 amide bonds. The normalized spacial score (nSPS) is 10.7. The Hall–Kier alpha value is -1.65. The zero-order chi connectivity index (χ0) is 16.4. The summed E-state index contributed by atoms with van der Waals surface area (Å²) >= 11 is 0. The third-order valence-corrected chi connectivity index (χ3v) is 3.56. The van der Waals surface area contributed by atoms with Crippen molar-refractivity contribution in [1.82, 2.24) is 0 Å². The molecule has 0 spiro atoms. The zero-order valence-corrected chi connectivity index (χ0v) is 13.2. The maximum atomic E-state index is 13.6. The number of halogens is 2. The molecular weight excluding hydrogens is 288 g/mol. The van der Waals surface area contributed by atoms with Gasteiger partial charge in [-0.05, 0) is 18.6 Å². The molecule has 22 heavy (non-hydrogen) atoms. The first-order valence-corrected chi connectivity index (χ1v) is 7.98. The van der Waals surface area contributed by atoms with Crippen LogP contribution in [-0.2, 0) is 4.74 Å². The van der Waals surface area contributed by atoms with Gasteiger partial charge in [-0.15, -0.1) is 0 Å². The first kappa shape index (κ1) is 18.4. The predicted octanol–water partition coefficient (Wildman–Crippen LogP) is 4.84. The fourth-order valence-electron chi connectivity index (χ4n) is 2.23. The molecule has 1 aromatic carbocycles. The number of hydrogen-bond acceptors (Lipinski definition) is 3. The van der Waals surface area contributed by atoms with Crippen LogP contribution in [0.3, 0.4) is 0 Å². The van der Waals surface area contributed by atoms with Crippen molar-refractivity contribution in [3.63, 3.8) is 0 Å². The molecule has 0 aliphatic heterocycles. The second-order valence-electron chi connectivity index (χ2n) is 5.44. The Kier molecular flexibility index (Phi) is 8.48. The Bertz CT molecular complexity index is 478. The highest BCUT2D eigenvalue weighted by atomic mass is 19.1. The summed E-state index contributed by atoms with van der Waals surface area (Å²) in [4.78, 5) is 11.7. The van der Waals surface area contributed by atoms with Crippen molar-refractivity contribution in [2.45, 2.75) is 58.3 Å². The van der Waals surface area contributed by atoms with Crippen LogP contribution in [0.15, 0.2) is 12.1 Å². The van der Waals surface area contributed by atoms with Gasteiger partial charge in [0.25, 0.3) is 0 Å². The summed E-state index contributed by atoms with van der Waals surface area (Å²) in [5.41, 5.74) is 4.35. The second kappa shape index (κ2) is 10.1. The molecule has 0 aliphatic rings. The molecule has 124 valence electrons. The van der Waals surface area contributed by atoms with Crippen molar-refractivity contribution in [2.75, 3.05) is 12.3 Å². The lowest BCUT2D eigenvalue weighted by atomic mass is 10.1. The lowest BCUT2D eigenvalue weighted by Crippen LogP contribution is -2.12. The minimum atomic E-state index is -1.05. The Morgan fingerprint density at radius 3 is 2.27 bits per heavy atom. The molecule has 0 fully saturated rings. The van der Waals surface area contributed by atoms with E-state index in [0.717, 1.165) is 25.0 Å². The molecule has 1 aromatic rings. The number of esters is 1. The first-order valence-electron chi connectivity index (χ1n) is 7.98. The zero-order valence-electron chi connectivity index (χ0n) is 13.2. The molecule has 0 bridgehead atoms. The molecule has 0 heterocycles.